The van der Waals surface area contributed by atoms with E-state index in [1.165, 1.54) is 26.3 Å². The summed E-state index contributed by atoms with van der Waals surface area (Å²) in [6.07, 6.45) is -14.3. The highest BCUT2D eigenvalue weighted by molar-refractivity contribution is 5.98. The Morgan fingerprint density at radius 2 is 1.68 bits per heavy atom. The lowest BCUT2D eigenvalue weighted by atomic mass is 10.1. The third kappa shape index (κ3) is 13.1. The van der Waals surface area contributed by atoms with Gasteiger partial charge < -0.3 is 38.5 Å². The summed E-state index contributed by atoms with van der Waals surface area (Å²) in [4.78, 5) is 41.2. The zero-order chi connectivity index (χ0) is 32.9. The molecule has 2 rings (SSSR count). The van der Waals surface area contributed by atoms with Crippen LogP contribution in [0.2, 0.25) is 0 Å². The second-order valence-electron chi connectivity index (χ2n) is 9.48. The fourth-order valence-electron chi connectivity index (χ4n) is 3.88. The van der Waals surface area contributed by atoms with Gasteiger partial charge in [0.1, 0.15) is 18.3 Å². The predicted molar refractivity (Wildman–Crippen MR) is 136 cm³/mol. The number of pyridine rings is 1. The highest BCUT2D eigenvalue weighted by Crippen LogP contribution is 2.30. The van der Waals surface area contributed by atoms with Crippen molar-refractivity contribution in [2.24, 2.45) is 0 Å². The van der Waals surface area contributed by atoms with Crippen molar-refractivity contribution in [1.29, 1.82) is 0 Å². The van der Waals surface area contributed by atoms with Crippen molar-refractivity contribution in [1.82, 2.24) is 10.3 Å². The Labute approximate surface area is 248 Å². The van der Waals surface area contributed by atoms with Crippen molar-refractivity contribution < 1.29 is 73.9 Å². The number of amides is 1. The molecule has 18 heteroatoms. The van der Waals surface area contributed by atoms with Gasteiger partial charge in [0.2, 0.25) is 6.79 Å². The summed E-state index contributed by atoms with van der Waals surface area (Å²) < 4.78 is 113. The number of halogens is 6. The molecule has 0 aliphatic carbocycles. The molecule has 1 fully saturated rings. The number of carbonyl (C=O) groups excluding carboxylic acids is 3. The van der Waals surface area contributed by atoms with E-state index in [9.17, 15) is 40.7 Å². The summed E-state index contributed by atoms with van der Waals surface area (Å²) in [6.45, 7) is 0.232. The van der Waals surface area contributed by atoms with Crippen LogP contribution in [0, 0.1) is 0 Å². The van der Waals surface area contributed by atoms with Crippen molar-refractivity contribution in [3.63, 3.8) is 0 Å². The van der Waals surface area contributed by atoms with Gasteiger partial charge in [-0.3, -0.25) is 9.59 Å². The number of rotatable bonds is 14. The van der Waals surface area contributed by atoms with Crippen molar-refractivity contribution >= 4 is 17.8 Å². The lowest BCUT2D eigenvalue weighted by molar-refractivity contribution is -0.173. The Morgan fingerprint density at radius 3 is 2.27 bits per heavy atom. The minimum atomic E-state index is -4.44. The molecule has 1 aromatic rings. The maximum absolute atomic E-state index is 13.1. The van der Waals surface area contributed by atoms with Gasteiger partial charge in [0.15, 0.2) is 23.2 Å². The topological polar surface area (TPSA) is 141 Å². The average molecular weight is 649 g/mol. The normalized spacial score (nSPS) is 21.3. The first kappa shape index (κ1) is 36.8. The van der Waals surface area contributed by atoms with Crippen LogP contribution in [0.1, 0.15) is 50.0 Å². The van der Waals surface area contributed by atoms with Crippen LogP contribution in [-0.2, 0) is 33.3 Å². The van der Waals surface area contributed by atoms with E-state index in [0.717, 1.165) is 6.92 Å². The van der Waals surface area contributed by atoms with E-state index in [4.69, 9.17) is 33.2 Å². The molecule has 1 aromatic heterocycles. The van der Waals surface area contributed by atoms with E-state index >= 15 is 0 Å². The first-order valence-electron chi connectivity index (χ1n) is 13.4. The molecule has 1 aliphatic rings. The summed E-state index contributed by atoms with van der Waals surface area (Å²) >= 11 is 0. The van der Waals surface area contributed by atoms with Gasteiger partial charge >= 0.3 is 24.3 Å². The summed E-state index contributed by atoms with van der Waals surface area (Å²) in [5.41, 5.74) is -0.353. The molecule has 1 amide bonds. The smallest absolute Gasteiger partial charge is 0.389 e. The molecule has 1 aliphatic heterocycles. The van der Waals surface area contributed by atoms with E-state index in [-0.39, 0.29) is 23.8 Å². The van der Waals surface area contributed by atoms with E-state index in [0.29, 0.717) is 0 Å². The van der Waals surface area contributed by atoms with Crippen LogP contribution in [0.4, 0.5) is 26.3 Å². The number of hydrogen-bond acceptors (Lipinski definition) is 11. The van der Waals surface area contributed by atoms with Crippen LogP contribution in [0.25, 0.3) is 0 Å². The van der Waals surface area contributed by atoms with Gasteiger partial charge in [-0.15, -0.1) is 0 Å². The highest BCUT2D eigenvalue weighted by atomic mass is 19.4. The Hall–Kier alpha value is -3.38. The number of hydrogen-bond donors (Lipinski definition) is 1. The molecule has 4 unspecified atom stereocenters. The predicted octanol–water partition coefficient (Wildman–Crippen LogP) is 3.51. The Morgan fingerprint density at radius 1 is 1.05 bits per heavy atom. The second kappa shape index (κ2) is 17.2. The zero-order valence-electron chi connectivity index (χ0n) is 24.1. The van der Waals surface area contributed by atoms with Crippen LogP contribution < -0.4 is 14.8 Å². The summed E-state index contributed by atoms with van der Waals surface area (Å²) in [7, 11) is 1.28. The maximum atomic E-state index is 13.1. The van der Waals surface area contributed by atoms with Gasteiger partial charge in [0.05, 0.1) is 20.3 Å². The number of aromatic nitrogens is 1. The monoisotopic (exact) mass is 648 g/mol. The summed E-state index contributed by atoms with van der Waals surface area (Å²) in [5, 5.41) is 2.38. The number of carbonyl (C=O) groups is 3. The van der Waals surface area contributed by atoms with Gasteiger partial charge in [0, 0.05) is 45.2 Å². The zero-order valence-corrected chi connectivity index (χ0v) is 24.1. The second-order valence-corrected chi connectivity index (χ2v) is 9.48. The van der Waals surface area contributed by atoms with Gasteiger partial charge in [-0.2, -0.15) is 26.3 Å². The minimum absolute atomic E-state index is 0.0512. The van der Waals surface area contributed by atoms with Gasteiger partial charge in [-0.05, 0) is 19.8 Å². The molecule has 4 atom stereocenters. The first-order valence-corrected chi connectivity index (χ1v) is 13.4. The Balaban J connectivity index is 2.18. The van der Waals surface area contributed by atoms with Gasteiger partial charge in [-0.1, -0.05) is 0 Å². The fraction of sp³-hybridized carbons (Fsp3) is 0.692. The van der Waals surface area contributed by atoms with Crippen LogP contribution in [-0.4, -0.2) is 99.9 Å². The van der Waals surface area contributed by atoms with Gasteiger partial charge in [-0.25, -0.2) is 9.78 Å². The number of esters is 2. The molecule has 44 heavy (non-hydrogen) atoms. The number of alkyl halides is 6. The van der Waals surface area contributed by atoms with Crippen molar-refractivity contribution in [3.05, 3.63) is 18.0 Å². The highest BCUT2D eigenvalue weighted by Gasteiger charge is 2.37. The summed E-state index contributed by atoms with van der Waals surface area (Å²) in [5.74, 6) is -2.78. The third-order valence-electron chi connectivity index (χ3n) is 5.91. The molecule has 0 spiro atoms. The largest absolute Gasteiger partial charge is 0.493 e. The molecular weight excluding hydrogens is 614 g/mol. The molecule has 0 saturated carbocycles. The van der Waals surface area contributed by atoms with E-state index in [2.05, 4.69) is 10.3 Å². The number of cyclic esters (lactones) is 1. The molecule has 250 valence electrons. The van der Waals surface area contributed by atoms with E-state index < -0.39 is 107 Å². The van der Waals surface area contributed by atoms with Crippen molar-refractivity contribution in [2.75, 3.05) is 40.3 Å². The van der Waals surface area contributed by atoms with Crippen LogP contribution in [0.5, 0.6) is 11.5 Å². The average Bonchev–Trinajstić information content (AvgIpc) is 2.96. The third-order valence-corrected chi connectivity index (χ3v) is 5.91. The van der Waals surface area contributed by atoms with E-state index in [1.54, 1.807) is 0 Å². The van der Waals surface area contributed by atoms with Crippen molar-refractivity contribution in [2.45, 2.75) is 76.2 Å². The maximum Gasteiger partial charge on any atom is 0.389 e. The SMILES string of the molecule is COc1ccnc(C(=O)NC2COCC(OCCCC(F)(F)F)C(OCCCC(F)(F)F)C(C)OC2=O)c1OCOC(C)=O. The quantitative estimate of drug-likeness (QED) is 0.137. The lowest BCUT2D eigenvalue weighted by Gasteiger charge is -2.30. The van der Waals surface area contributed by atoms with Gasteiger partial charge in [0.25, 0.3) is 5.91 Å². The number of methoxy groups -OCH3 is 1. The molecule has 0 bridgehead atoms. The Kier molecular flexibility index (Phi) is 14.4. The first-order chi connectivity index (χ1) is 20.6. The van der Waals surface area contributed by atoms with Crippen LogP contribution in [0.3, 0.4) is 0 Å². The van der Waals surface area contributed by atoms with Crippen LogP contribution in [0.15, 0.2) is 12.3 Å². The van der Waals surface area contributed by atoms with Crippen LogP contribution >= 0.6 is 0 Å². The van der Waals surface area contributed by atoms with E-state index in [1.807, 2.05) is 0 Å². The molecule has 1 N–H and O–H groups in total. The number of nitrogens with zero attached hydrogens (tertiary/aromatic N) is 1. The molecule has 0 radical (unpaired) electrons. The number of nitrogens with one attached hydrogen (secondary N) is 1. The van der Waals surface area contributed by atoms with Crippen molar-refractivity contribution in [3.8, 4) is 11.5 Å². The molecule has 1 saturated heterocycles. The standard InChI is InChI=1S/C26H34F6N2O10/c1-15-21(41-11-5-8-26(30,31)32)19(40-10-4-7-25(27,28)29)13-39-12-17(24(37)44-15)34-23(36)20-22(43-14-42-16(2)35)18(38-3)6-9-33-20/h6,9,15,17,19,21H,4-5,7-8,10-14H2,1-3H3,(H,34,36). The lowest BCUT2D eigenvalue weighted by Crippen LogP contribution is -2.47. The summed E-state index contributed by atoms with van der Waals surface area (Å²) in [6, 6.07) is -0.0862. The molecule has 0 aromatic carbocycles. The molecule has 2 heterocycles. The molecular formula is C26H34F6N2O10. The number of ether oxygens (including phenoxy) is 7. The molecule has 12 nitrogen and oxygen atoms in total. The fourth-order valence-corrected chi connectivity index (χ4v) is 3.88. The Bertz CT molecular complexity index is 1090. The minimum Gasteiger partial charge on any atom is -0.493 e.